The monoisotopic (exact) mass is 266 g/mol. The molecule has 2 rings (SSSR count). The van der Waals surface area contributed by atoms with Crippen LogP contribution in [0.15, 0.2) is 12.2 Å². The minimum atomic E-state index is -0.514. The van der Waals surface area contributed by atoms with Crippen LogP contribution in [-0.2, 0) is 19.1 Å². The first-order valence-electron chi connectivity index (χ1n) is 6.90. The van der Waals surface area contributed by atoms with E-state index in [0.29, 0.717) is 11.8 Å². The van der Waals surface area contributed by atoms with E-state index in [0.717, 1.165) is 12.8 Å². The van der Waals surface area contributed by atoms with Gasteiger partial charge in [-0.2, -0.15) is 0 Å². The summed E-state index contributed by atoms with van der Waals surface area (Å²) in [5.74, 6) is 0.499. The lowest BCUT2D eigenvalue weighted by atomic mass is 9.94. The number of fused-ring (bicyclic) bond motifs is 2. The fraction of sp³-hybridized carbons (Fsp3) is 0.733. The standard InChI is InChI=1S/C15H22O4/c1-15(2,3)14(17)19-7-6-18-13(16)12-9-10-4-5-11(12)8-10/h4-5,10-12H,6-9H2,1-3H3. The zero-order chi connectivity index (χ0) is 14.0. The van der Waals surface area contributed by atoms with Gasteiger partial charge in [-0.15, -0.1) is 0 Å². The maximum Gasteiger partial charge on any atom is 0.311 e. The van der Waals surface area contributed by atoms with Crippen molar-refractivity contribution in [3.63, 3.8) is 0 Å². The summed E-state index contributed by atoms with van der Waals surface area (Å²) in [5, 5.41) is 0. The van der Waals surface area contributed by atoms with E-state index in [4.69, 9.17) is 9.47 Å². The summed E-state index contributed by atoms with van der Waals surface area (Å²) >= 11 is 0. The van der Waals surface area contributed by atoms with Gasteiger partial charge in [0.25, 0.3) is 0 Å². The van der Waals surface area contributed by atoms with Gasteiger partial charge in [0.05, 0.1) is 11.3 Å². The van der Waals surface area contributed by atoms with Crippen molar-refractivity contribution in [2.75, 3.05) is 13.2 Å². The van der Waals surface area contributed by atoms with Crippen molar-refractivity contribution >= 4 is 11.9 Å². The molecule has 4 heteroatoms. The predicted octanol–water partition coefficient (Wildman–Crippen LogP) is 2.33. The van der Waals surface area contributed by atoms with Gasteiger partial charge in [-0.3, -0.25) is 9.59 Å². The molecule has 1 saturated carbocycles. The molecule has 0 radical (unpaired) electrons. The van der Waals surface area contributed by atoms with E-state index in [2.05, 4.69) is 12.2 Å². The van der Waals surface area contributed by atoms with Crippen LogP contribution in [-0.4, -0.2) is 25.2 Å². The third-order valence-corrected chi connectivity index (χ3v) is 3.75. The molecule has 0 aromatic carbocycles. The summed E-state index contributed by atoms with van der Waals surface area (Å²) in [6.07, 6.45) is 6.31. The molecule has 0 aromatic heterocycles. The molecule has 0 saturated heterocycles. The molecular weight excluding hydrogens is 244 g/mol. The Morgan fingerprint density at radius 2 is 1.79 bits per heavy atom. The highest BCUT2D eigenvalue weighted by Crippen LogP contribution is 2.43. The molecule has 0 aliphatic heterocycles. The zero-order valence-corrected chi connectivity index (χ0v) is 11.8. The third-order valence-electron chi connectivity index (χ3n) is 3.75. The largest absolute Gasteiger partial charge is 0.462 e. The molecule has 2 aliphatic rings. The Balaban J connectivity index is 1.65. The number of esters is 2. The molecule has 2 bridgehead atoms. The first-order chi connectivity index (χ1) is 8.88. The van der Waals surface area contributed by atoms with Crippen LogP contribution in [0.5, 0.6) is 0 Å². The normalized spacial score (nSPS) is 28.5. The number of carbonyl (C=O) groups excluding carboxylic acids is 2. The van der Waals surface area contributed by atoms with Crippen molar-refractivity contribution in [3.8, 4) is 0 Å². The van der Waals surface area contributed by atoms with Crippen LogP contribution < -0.4 is 0 Å². The van der Waals surface area contributed by atoms with Crippen LogP contribution in [0.1, 0.15) is 33.6 Å². The van der Waals surface area contributed by atoms with Crippen molar-refractivity contribution < 1.29 is 19.1 Å². The van der Waals surface area contributed by atoms with Gasteiger partial charge in [0.15, 0.2) is 0 Å². The van der Waals surface area contributed by atoms with Crippen LogP contribution in [0.4, 0.5) is 0 Å². The zero-order valence-electron chi connectivity index (χ0n) is 11.8. The van der Waals surface area contributed by atoms with Crippen molar-refractivity contribution in [1.82, 2.24) is 0 Å². The molecule has 3 atom stereocenters. The van der Waals surface area contributed by atoms with Gasteiger partial charge < -0.3 is 9.47 Å². The van der Waals surface area contributed by atoms with Crippen LogP contribution in [0, 0.1) is 23.2 Å². The highest BCUT2D eigenvalue weighted by atomic mass is 16.6. The van der Waals surface area contributed by atoms with E-state index in [-0.39, 0.29) is 31.1 Å². The van der Waals surface area contributed by atoms with Crippen LogP contribution >= 0.6 is 0 Å². The Kier molecular flexibility index (Phi) is 3.97. The topological polar surface area (TPSA) is 52.6 Å². The minimum Gasteiger partial charge on any atom is -0.462 e. The van der Waals surface area contributed by atoms with E-state index >= 15 is 0 Å². The molecular formula is C15H22O4. The van der Waals surface area contributed by atoms with E-state index in [1.54, 1.807) is 20.8 Å². The minimum absolute atomic E-state index is 0.00770. The molecule has 2 aliphatic carbocycles. The maximum absolute atomic E-state index is 11.9. The maximum atomic E-state index is 11.9. The summed E-state index contributed by atoms with van der Waals surface area (Å²) < 4.78 is 10.2. The molecule has 1 fully saturated rings. The summed E-state index contributed by atoms with van der Waals surface area (Å²) in [5.41, 5.74) is -0.514. The molecule has 0 heterocycles. The molecule has 106 valence electrons. The predicted molar refractivity (Wildman–Crippen MR) is 70.2 cm³/mol. The number of carbonyl (C=O) groups is 2. The molecule has 4 nitrogen and oxygen atoms in total. The first kappa shape index (κ1) is 14.1. The van der Waals surface area contributed by atoms with Crippen molar-refractivity contribution in [3.05, 3.63) is 12.2 Å². The fourth-order valence-electron chi connectivity index (χ4n) is 2.65. The second-order valence-electron chi connectivity index (χ2n) is 6.44. The average molecular weight is 266 g/mol. The van der Waals surface area contributed by atoms with E-state index in [1.807, 2.05) is 0 Å². The fourth-order valence-corrected chi connectivity index (χ4v) is 2.65. The molecule has 0 aromatic rings. The number of allylic oxidation sites excluding steroid dienone is 2. The molecule has 0 spiro atoms. The Bertz CT molecular complexity index is 391. The highest BCUT2D eigenvalue weighted by molar-refractivity contribution is 5.75. The second-order valence-corrected chi connectivity index (χ2v) is 6.44. The van der Waals surface area contributed by atoms with E-state index in [9.17, 15) is 9.59 Å². The van der Waals surface area contributed by atoms with Gasteiger partial charge >= 0.3 is 11.9 Å². The Hall–Kier alpha value is -1.32. The SMILES string of the molecule is CC(C)(C)C(=O)OCCOC(=O)C1CC2C=CC1C2. The van der Waals surface area contributed by atoms with Crippen LogP contribution in [0.2, 0.25) is 0 Å². The molecule has 0 N–H and O–H groups in total. The van der Waals surface area contributed by atoms with Crippen LogP contribution in [0.3, 0.4) is 0 Å². The number of rotatable bonds is 4. The third kappa shape index (κ3) is 3.37. The number of hydrogen-bond acceptors (Lipinski definition) is 4. The quantitative estimate of drug-likeness (QED) is 0.445. The van der Waals surface area contributed by atoms with Gasteiger partial charge in [0.1, 0.15) is 13.2 Å². The van der Waals surface area contributed by atoms with Crippen molar-refractivity contribution in [2.24, 2.45) is 23.2 Å². The van der Waals surface area contributed by atoms with E-state index in [1.165, 1.54) is 0 Å². The van der Waals surface area contributed by atoms with Gasteiger partial charge in [-0.1, -0.05) is 12.2 Å². The summed E-state index contributed by atoms with van der Waals surface area (Å²) in [6, 6.07) is 0. The Labute approximate surface area is 114 Å². The van der Waals surface area contributed by atoms with Gasteiger partial charge in [0, 0.05) is 0 Å². The van der Waals surface area contributed by atoms with Gasteiger partial charge in [-0.25, -0.2) is 0 Å². The second kappa shape index (κ2) is 5.35. The van der Waals surface area contributed by atoms with Gasteiger partial charge in [0.2, 0.25) is 0 Å². The Morgan fingerprint density at radius 3 is 2.32 bits per heavy atom. The molecule has 19 heavy (non-hydrogen) atoms. The average Bonchev–Trinajstić information content (AvgIpc) is 2.94. The molecule has 3 unspecified atom stereocenters. The lowest BCUT2D eigenvalue weighted by Crippen LogP contribution is -2.26. The highest BCUT2D eigenvalue weighted by Gasteiger charge is 2.40. The summed E-state index contributed by atoms with van der Waals surface area (Å²) in [7, 11) is 0. The van der Waals surface area contributed by atoms with Gasteiger partial charge in [-0.05, 0) is 45.4 Å². The first-order valence-corrected chi connectivity index (χ1v) is 6.90. The van der Waals surface area contributed by atoms with Crippen molar-refractivity contribution in [2.45, 2.75) is 33.6 Å². The number of hydrogen-bond donors (Lipinski definition) is 0. The number of ether oxygens (including phenoxy) is 2. The lowest BCUT2D eigenvalue weighted by Gasteiger charge is -2.18. The van der Waals surface area contributed by atoms with Crippen molar-refractivity contribution in [1.29, 1.82) is 0 Å². The Morgan fingerprint density at radius 1 is 1.11 bits per heavy atom. The van der Waals surface area contributed by atoms with E-state index < -0.39 is 5.41 Å². The summed E-state index contributed by atoms with van der Waals surface area (Å²) in [4.78, 5) is 23.4. The summed E-state index contributed by atoms with van der Waals surface area (Å²) in [6.45, 7) is 5.67. The molecule has 0 amide bonds. The smallest absolute Gasteiger partial charge is 0.311 e. The van der Waals surface area contributed by atoms with Crippen LogP contribution in [0.25, 0.3) is 0 Å². The lowest BCUT2D eigenvalue weighted by molar-refractivity contribution is -0.160.